The molecule has 66 heavy (non-hydrogen) atoms. The van der Waals surface area contributed by atoms with Crippen molar-refractivity contribution in [3.63, 3.8) is 0 Å². The van der Waals surface area contributed by atoms with Crippen LogP contribution in [0.25, 0.3) is 38.6 Å². The van der Waals surface area contributed by atoms with Crippen LogP contribution < -0.4 is 15.8 Å². The maximum absolute atomic E-state index is 2.66. The third-order valence-corrected chi connectivity index (χ3v) is 16.6. The molecule has 1 aliphatic heterocycles. The lowest BCUT2D eigenvalue weighted by Crippen LogP contribution is -2.44. The molecule has 2 heteroatoms. The van der Waals surface area contributed by atoms with Gasteiger partial charge in [0.15, 0.2) is 7.28 Å². The summed E-state index contributed by atoms with van der Waals surface area (Å²) in [5.41, 5.74) is 26.7. The molecule has 0 bridgehead atoms. The molecule has 0 amide bonds. The molecule has 2 atom stereocenters. The zero-order chi connectivity index (χ0) is 45.4. The molecule has 0 unspecified atom stereocenters. The van der Waals surface area contributed by atoms with Gasteiger partial charge >= 0.3 is 0 Å². The van der Waals surface area contributed by atoms with Crippen LogP contribution in [-0.4, -0.2) is 7.28 Å². The largest absolute Gasteiger partial charge is 0.311 e. The van der Waals surface area contributed by atoms with Crippen molar-refractivity contribution >= 4 is 51.6 Å². The van der Waals surface area contributed by atoms with E-state index in [9.17, 15) is 0 Å². The van der Waals surface area contributed by atoms with Gasteiger partial charge in [-0.15, -0.1) is 0 Å². The first-order chi connectivity index (χ1) is 31.8. The molecule has 0 spiro atoms. The second-order valence-electron chi connectivity index (χ2n) is 21.4. The molecule has 8 aromatic carbocycles. The van der Waals surface area contributed by atoms with E-state index in [0.717, 1.165) is 12.8 Å². The van der Waals surface area contributed by atoms with Crippen molar-refractivity contribution in [3.8, 4) is 22.3 Å². The Labute approximate surface area is 393 Å². The van der Waals surface area contributed by atoms with Crippen molar-refractivity contribution in [2.24, 2.45) is 0 Å². The molecule has 0 aromatic heterocycles. The summed E-state index contributed by atoms with van der Waals surface area (Å²) in [5.74, 6) is 0.716. The van der Waals surface area contributed by atoms with Crippen molar-refractivity contribution < 1.29 is 0 Å². The minimum atomic E-state index is -0.195. The molecule has 0 saturated carbocycles. The number of nitrogens with zero attached hydrogens (tertiary/aromatic N) is 1. The summed E-state index contributed by atoms with van der Waals surface area (Å²) in [5, 5.41) is 2.55. The second-order valence-corrected chi connectivity index (χ2v) is 21.4. The Morgan fingerprint density at radius 2 is 1.18 bits per heavy atom. The summed E-state index contributed by atoms with van der Waals surface area (Å²) in [6, 6.07) is 60.8. The topological polar surface area (TPSA) is 3.24 Å². The Kier molecular flexibility index (Phi) is 9.06. The van der Waals surface area contributed by atoms with Crippen LogP contribution >= 0.6 is 0 Å². The summed E-state index contributed by atoms with van der Waals surface area (Å²) >= 11 is 0. The number of fused-ring (bicyclic) bond motifs is 9. The van der Waals surface area contributed by atoms with E-state index in [1.54, 1.807) is 5.57 Å². The van der Waals surface area contributed by atoms with Crippen LogP contribution in [-0.2, 0) is 16.2 Å². The Balaban J connectivity index is 1.17. The summed E-state index contributed by atoms with van der Waals surface area (Å²) in [6.07, 6.45) is 2.32. The lowest BCUT2D eigenvalue weighted by Gasteiger charge is -2.46. The first-order valence-electron chi connectivity index (χ1n) is 24.5. The third kappa shape index (κ3) is 5.66. The van der Waals surface area contributed by atoms with Crippen molar-refractivity contribution in [1.29, 1.82) is 0 Å². The van der Waals surface area contributed by atoms with Crippen LogP contribution in [0.4, 0.5) is 17.1 Å². The van der Waals surface area contributed by atoms with Gasteiger partial charge in [0.25, 0.3) is 0 Å². The number of hydrogen-bond donors (Lipinski definition) is 0. The molecule has 3 aliphatic carbocycles. The van der Waals surface area contributed by atoms with Gasteiger partial charge in [0.2, 0.25) is 0 Å². The van der Waals surface area contributed by atoms with E-state index in [0.29, 0.717) is 5.92 Å². The molecule has 0 fully saturated rings. The Morgan fingerprint density at radius 3 is 1.92 bits per heavy atom. The number of rotatable bonds is 6. The van der Waals surface area contributed by atoms with Crippen molar-refractivity contribution in [2.75, 3.05) is 4.90 Å². The zero-order valence-electron chi connectivity index (χ0n) is 40.1. The molecular weight excluding hydrogens is 794 g/mol. The van der Waals surface area contributed by atoms with E-state index in [4.69, 9.17) is 0 Å². The average molecular weight is 853 g/mol. The van der Waals surface area contributed by atoms with E-state index in [-0.39, 0.29) is 22.2 Å². The maximum atomic E-state index is 2.66. The van der Waals surface area contributed by atoms with Crippen LogP contribution in [0.2, 0.25) is 0 Å². The molecule has 8 aromatic rings. The average Bonchev–Trinajstić information content (AvgIpc) is 3.77. The van der Waals surface area contributed by atoms with Gasteiger partial charge in [-0.3, -0.25) is 0 Å². The lowest BCUT2D eigenvalue weighted by molar-refractivity contribution is 0.521. The maximum Gasteiger partial charge on any atom is 0.197 e. The molecule has 1 nitrogen and oxygen atoms in total. The smallest absolute Gasteiger partial charge is 0.197 e. The fraction of sp³-hybridized carbons (Fsp3) is 0.250. The first-order valence-corrected chi connectivity index (χ1v) is 24.5. The van der Waals surface area contributed by atoms with E-state index < -0.39 is 0 Å². The quantitative estimate of drug-likeness (QED) is 0.151. The molecule has 12 rings (SSSR count). The first kappa shape index (κ1) is 41.1. The predicted octanol–water partition coefficient (Wildman–Crippen LogP) is 15.7. The van der Waals surface area contributed by atoms with Gasteiger partial charge < -0.3 is 4.90 Å². The highest BCUT2D eigenvalue weighted by Gasteiger charge is 2.47. The second kappa shape index (κ2) is 14.6. The van der Waals surface area contributed by atoms with Crippen LogP contribution in [0.5, 0.6) is 0 Å². The molecule has 0 N–H and O–H groups in total. The van der Waals surface area contributed by atoms with Crippen molar-refractivity contribution in [1.82, 2.24) is 0 Å². The van der Waals surface area contributed by atoms with Gasteiger partial charge in [0, 0.05) is 39.1 Å². The van der Waals surface area contributed by atoms with Crippen LogP contribution in [0.3, 0.4) is 0 Å². The normalized spacial score (nSPS) is 18.1. The fourth-order valence-electron chi connectivity index (χ4n) is 13.3. The lowest BCUT2D eigenvalue weighted by atomic mass is 9.54. The molecule has 1 radical (unpaired) electrons. The van der Waals surface area contributed by atoms with Gasteiger partial charge in [-0.1, -0.05) is 208 Å². The molecular formula is C64H59BN. The van der Waals surface area contributed by atoms with Gasteiger partial charge in [-0.05, 0) is 131 Å². The van der Waals surface area contributed by atoms with Gasteiger partial charge in [-0.2, -0.15) is 0 Å². The summed E-state index contributed by atoms with van der Waals surface area (Å²) in [4.78, 5) is 2.66. The van der Waals surface area contributed by atoms with E-state index in [1.807, 2.05) is 0 Å². The molecule has 323 valence electrons. The Morgan fingerprint density at radius 1 is 0.545 bits per heavy atom. The van der Waals surface area contributed by atoms with E-state index in [1.165, 1.54) is 117 Å². The van der Waals surface area contributed by atoms with Crippen LogP contribution in [0.15, 0.2) is 163 Å². The summed E-state index contributed by atoms with van der Waals surface area (Å²) < 4.78 is 0. The highest BCUT2D eigenvalue weighted by atomic mass is 15.2. The molecule has 1 heterocycles. The standard InChI is InChI=1S/C64H59BN/c1-10-21-38(2)41-32-33-54(47(34-41)40-22-12-11-13-23-40)66-55-37-52-51(62(4,5)49-30-18-19-31-50(49)63(52,6)7)36-53(55)65-61-56(66)35-42-24-14-15-25-43(42)59(61)46-28-20-27-45-57(46)39(3)60-58(45)44-26-16-17-29-48(44)64(60,8)9/h11-20,22-39H,10,21H2,1-9H3/t38-,39+/m0/s1. The highest BCUT2D eigenvalue weighted by molar-refractivity contribution is 6.73. The minimum absolute atomic E-state index is 0.0609. The van der Waals surface area contributed by atoms with Gasteiger partial charge in [0.05, 0.1) is 5.69 Å². The number of benzene rings is 8. The predicted molar refractivity (Wildman–Crippen MR) is 282 cm³/mol. The summed E-state index contributed by atoms with van der Waals surface area (Å²) in [6.45, 7) is 21.8. The van der Waals surface area contributed by atoms with Gasteiger partial charge in [-0.25, -0.2) is 0 Å². The molecule has 4 aliphatic rings. The fourth-order valence-corrected chi connectivity index (χ4v) is 13.3. The monoisotopic (exact) mass is 852 g/mol. The van der Waals surface area contributed by atoms with Crippen LogP contribution in [0, 0.1) is 0 Å². The van der Waals surface area contributed by atoms with E-state index >= 15 is 0 Å². The third-order valence-electron chi connectivity index (χ3n) is 16.6. The van der Waals surface area contributed by atoms with Crippen molar-refractivity contribution in [2.45, 2.75) is 103 Å². The van der Waals surface area contributed by atoms with Crippen LogP contribution in [0.1, 0.15) is 137 Å². The number of hydrogen-bond acceptors (Lipinski definition) is 1. The summed E-state index contributed by atoms with van der Waals surface area (Å²) in [7, 11) is 2.56. The highest BCUT2D eigenvalue weighted by Crippen LogP contribution is 2.61. The number of anilines is 3. The minimum Gasteiger partial charge on any atom is -0.311 e. The molecule has 0 saturated heterocycles. The number of allylic oxidation sites excluding steroid dienone is 1. The van der Waals surface area contributed by atoms with E-state index in [2.05, 4.69) is 232 Å². The zero-order valence-corrected chi connectivity index (χ0v) is 40.1. The SMILES string of the molecule is CCC[C@H](C)c1ccc(N2c3cc4c(cc3[B]c3c2cc2ccccc2c3-c2cccc3c2[C@@H](C)C2=C3c3ccccc3C2(C)C)C(C)(C)c2ccccc2C4(C)C)c(-c2ccccc2)c1. The Hall–Kier alpha value is -6.38. The van der Waals surface area contributed by atoms with Crippen molar-refractivity contribution in [3.05, 3.63) is 213 Å². The van der Waals surface area contributed by atoms with Gasteiger partial charge in [0.1, 0.15) is 0 Å². The Bertz CT molecular complexity index is 3360.